The fraction of sp³-hybridized carbons (Fsp3) is 0.211. The Hall–Kier alpha value is -2.93. The van der Waals surface area contributed by atoms with E-state index in [9.17, 15) is 9.90 Å². The van der Waals surface area contributed by atoms with Gasteiger partial charge in [-0.05, 0) is 61.0 Å². The Morgan fingerprint density at radius 3 is 2.77 bits per heavy atom. The molecule has 0 saturated carbocycles. The van der Waals surface area contributed by atoms with Crippen LogP contribution < -0.4 is 10.6 Å². The van der Waals surface area contributed by atoms with Crippen molar-refractivity contribution >= 4 is 40.0 Å². The van der Waals surface area contributed by atoms with Crippen LogP contribution in [-0.2, 0) is 11.2 Å². The molecule has 134 valence electrons. The van der Waals surface area contributed by atoms with E-state index in [1.165, 1.54) is 6.92 Å². The largest absolute Gasteiger partial charge is 0.507 e. The van der Waals surface area contributed by atoms with Gasteiger partial charge in [0, 0.05) is 12.6 Å². The van der Waals surface area contributed by atoms with Gasteiger partial charge in [0.2, 0.25) is 11.8 Å². The summed E-state index contributed by atoms with van der Waals surface area (Å²) in [6.45, 7) is 5.22. The summed E-state index contributed by atoms with van der Waals surface area (Å²) in [4.78, 5) is 15.6. The lowest BCUT2D eigenvalue weighted by molar-refractivity contribution is -0.117. The van der Waals surface area contributed by atoms with Crippen molar-refractivity contribution < 1.29 is 14.3 Å². The maximum absolute atomic E-state index is 11.1. The molecule has 0 unspecified atom stereocenters. The van der Waals surface area contributed by atoms with Crippen molar-refractivity contribution in [2.24, 2.45) is 0 Å². The summed E-state index contributed by atoms with van der Waals surface area (Å²) in [7, 11) is 0. The molecule has 3 N–H and O–H groups in total. The Morgan fingerprint density at radius 2 is 2.08 bits per heavy atom. The molecule has 0 saturated heterocycles. The minimum Gasteiger partial charge on any atom is -0.507 e. The Labute approximate surface area is 156 Å². The molecule has 3 rings (SSSR count). The Kier molecular flexibility index (Phi) is 4.90. The summed E-state index contributed by atoms with van der Waals surface area (Å²) in [6.07, 6.45) is 0.905. The molecule has 0 fully saturated rings. The van der Waals surface area contributed by atoms with E-state index in [4.69, 9.17) is 16.6 Å². The SMILES string of the molecule is CCc1ccc2oc(-c3cc(NC(=S)NC(C)=O)cc(C)c3O)nc2c1. The summed E-state index contributed by atoms with van der Waals surface area (Å²) in [5, 5.41) is 16.1. The van der Waals surface area contributed by atoms with Crippen LogP contribution in [-0.4, -0.2) is 21.1 Å². The molecule has 0 bridgehead atoms. The monoisotopic (exact) mass is 369 g/mol. The van der Waals surface area contributed by atoms with E-state index in [1.54, 1.807) is 19.1 Å². The van der Waals surface area contributed by atoms with Crippen LogP contribution in [0, 0.1) is 6.92 Å². The van der Waals surface area contributed by atoms with Crippen molar-refractivity contribution in [2.75, 3.05) is 5.32 Å². The molecule has 0 aliphatic rings. The molecule has 1 heterocycles. The van der Waals surface area contributed by atoms with E-state index in [0.29, 0.717) is 28.3 Å². The number of hydrogen-bond donors (Lipinski definition) is 3. The molecule has 1 aromatic heterocycles. The van der Waals surface area contributed by atoms with Gasteiger partial charge in [0.15, 0.2) is 10.7 Å². The Bertz CT molecular complexity index is 1010. The van der Waals surface area contributed by atoms with Crippen LogP contribution in [0.2, 0.25) is 0 Å². The molecule has 0 aliphatic carbocycles. The van der Waals surface area contributed by atoms with Crippen molar-refractivity contribution in [1.82, 2.24) is 10.3 Å². The number of oxazole rings is 1. The standard InChI is InChI=1S/C19H19N3O3S/c1-4-12-5-6-16-15(8-12)22-18(25-16)14-9-13(7-10(2)17(14)24)21-19(26)20-11(3)23/h5-9,24H,4H2,1-3H3,(H2,20,21,23,26). The molecule has 26 heavy (non-hydrogen) atoms. The van der Waals surface area contributed by atoms with Gasteiger partial charge in [-0.3, -0.25) is 4.79 Å². The van der Waals surface area contributed by atoms with Crippen molar-refractivity contribution in [1.29, 1.82) is 0 Å². The number of anilines is 1. The highest BCUT2D eigenvalue weighted by Crippen LogP contribution is 2.36. The summed E-state index contributed by atoms with van der Waals surface area (Å²) in [6, 6.07) is 9.25. The van der Waals surface area contributed by atoms with Crippen molar-refractivity contribution in [3.8, 4) is 17.2 Å². The van der Waals surface area contributed by atoms with Crippen LogP contribution >= 0.6 is 12.2 Å². The number of rotatable bonds is 3. The number of benzene rings is 2. The van der Waals surface area contributed by atoms with Crippen molar-refractivity contribution in [2.45, 2.75) is 27.2 Å². The van der Waals surface area contributed by atoms with Gasteiger partial charge < -0.3 is 20.2 Å². The van der Waals surface area contributed by atoms with Crippen LogP contribution in [0.5, 0.6) is 5.75 Å². The summed E-state index contributed by atoms with van der Waals surface area (Å²) in [5.41, 5.74) is 4.25. The van der Waals surface area contributed by atoms with Gasteiger partial charge in [-0.25, -0.2) is 4.98 Å². The summed E-state index contributed by atoms with van der Waals surface area (Å²) < 4.78 is 5.81. The van der Waals surface area contributed by atoms with Gasteiger partial charge in [-0.1, -0.05) is 13.0 Å². The third-order valence-electron chi connectivity index (χ3n) is 3.94. The lowest BCUT2D eigenvalue weighted by Crippen LogP contribution is -2.32. The molecule has 0 atom stereocenters. The molecule has 0 spiro atoms. The van der Waals surface area contributed by atoms with Crippen LogP contribution in [0.25, 0.3) is 22.6 Å². The molecular weight excluding hydrogens is 350 g/mol. The molecule has 1 amide bonds. The van der Waals surface area contributed by atoms with E-state index >= 15 is 0 Å². The number of amides is 1. The highest BCUT2D eigenvalue weighted by Gasteiger charge is 2.16. The van der Waals surface area contributed by atoms with Gasteiger partial charge in [-0.15, -0.1) is 0 Å². The van der Waals surface area contributed by atoms with Crippen LogP contribution in [0.15, 0.2) is 34.7 Å². The number of carbonyl (C=O) groups excluding carboxylic acids is 1. The third kappa shape index (κ3) is 3.67. The van der Waals surface area contributed by atoms with Crippen LogP contribution in [0.4, 0.5) is 5.69 Å². The average molecular weight is 369 g/mol. The number of carbonyl (C=O) groups is 1. The highest BCUT2D eigenvalue weighted by atomic mass is 32.1. The van der Waals surface area contributed by atoms with E-state index < -0.39 is 0 Å². The van der Waals surface area contributed by atoms with Gasteiger partial charge in [-0.2, -0.15) is 0 Å². The number of aromatic hydroxyl groups is 1. The average Bonchev–Trinajstić information content (AvgIpc) is 2.99. The fourth-order valence-electron chi connectivity index (χ4n) is 2.65. The van der Waals surface area contributed by atoms with E-state index in [0.717, 1.165) is 17.5 Å². The number of aryl methyl sites for hydroxylation is 2. The molecule has 0 radical (unpaired) electrons. The second-order valence-corrected chi connectivity index (χ2v) is 6.41. The van der Waals surface area contributed by atoms with Gasteiger partial charge in [0.25, 0.3) is 0 Å². The third-order valence-corrected chi connectivity index (χ3v) is 4.14. The van der Waals surface area contributed by atoms with E-state index in [1.807, 2.05) is 18.2 Å². The predicted molar refractivity (Wildman–Crippen MR) is 105 cm³/mol. The number of hydrogen-bond acceptors (Lipinski definition) is 5. The van der Waals surface area contributed by atoms with Gasteiger partial charge in [0.1, 0.15) is 11.3 Å². The number of fused-ring (bicyclic) bond motifs is 1. The molecule has 6 nitrogen and oxygen atoms in total. The minimum absolute atomic E-state index is 0.0864. The minimum atomic E-state index is -0.260. The van der Waals surface area contributed by atoms with Gasteiger partial charge in [0.05, 0.1) is 5.56 Å². The number of phenols is 1. The van der Waals surface area contributed by atoms with Crippen LogP contribution in [0.3, 0.4) is 0 Å². The first-order chi connectivity index (χ1) is 12.4. The summed E-state index contributed by atoms with van der Waals surface area (Å²) >= 11 is 5.08. The van der Waals surface area contributed by atoms with Crippen LogP contribution in [0.1, 0.15) is 25.0 Å². The number of phenolic OH excluding ortho intramolecular Hbond substituents is 1. The maximum atomic E-state index is 11.1. The lowest BCUT2D eigenvalue weighted by Gasteiger charge is -2.11. The second kappa shape index (κ2) is 7.13. The molecule has 2 aromatic carbocycles. The molecule has 3 aromatic rings. The number of nitrogens with zero attached hydrogens (tertiary/aromatic N) is 1. The molecule has 0 aliphatic heterocycles. The lowest BCUT2D eigenvalue weighted by atomic mass is 10.1. The zero-order valence-electron chi connectivity index (χ0n) is 14.7. The first-order valence-corrected chi connectivity index (χ1v) is 8.60. The first-order valence-electron chi connectivity index (χ1n) is 8.19. The summed E-state index contributed by atoms with van der Waals surface area (Å²) in [5.74, 6) is 0.148. The Balaban J connectivity index is 2.01. The van der Waals surface area contributed by atoms with Gasteiger partial charge >= 0.3 is 0 Å². The zero-order valence-corrected chi connectivity index (χ0v) is 15.5. The zero-order chi connectivity index (χ0) is 18.8. The second-order valence-electron chi connectivity index (χ2n) is 6.00. The Morgan fingerprint density at radius 1 is 1.31 bits per heavy atom. The first kappa shape index (κ1) is 17.9. The quantitative estimate of drug-likeness (QED) is 0.479. The van der Waals surface area contributed by atoms with Crippen molar-refractivity contribution in [3.63, 3.8) is 0 Å². The number of aromatic nitrogens is 1. The molecular formula is C19H19N3O3S. The van der Waals surface area contributed by atoms with E-state index in [2.05, 4.69) is 22.5 Å². The number of thiocarbonyl (C=S) groups is 1. The highest BCUT2D eigenvalue weighted by molar-refractivity contribution is 7.80. The normalized spacial score (nSPS) is 10.7. The fourth-order valence-corrected chi connectivity index (χ4v) is 2.91. The number of nitrogens with one attached hydrogen (secondary N) is 2. The maximum Gasteiger partial charge on any atom is 0.231 e. The molecule has 7 heteroatoms. The predicted octanol–water partition coefficient (Wildman–Crippen LogP) is 3.90. The van der Waals surface area contributed by atoms with Crippen molar-refractivity contribution in [3.05, 3.63) is 41.5 Å². The topological polar surface area (TPSA) is 87.4 Å². The smallest absolute Gasteiger partial charge is 0.231 e. The van der Waals surface area contributed by atoms with E-state index in [-0.39, 0.29) is 16.8 Å².